The molecule has 1 aliphatic rings. The predicted octanol–water partition coefficient (Wildman–Crippen LogP) is 0.226. The molecule has 0 aromatic heterocycles. The Hall–Kier alpha value is -2.41. The highest BCUT2D eigenvalue weighted by Gasteiger charge is 2.55. The number of amides is 1. The minimum absolute atomic E-state index is 0.0269. The van der Waals surface area contributed by atoms with Crippen LogP contribution in [0.4, 0.5) is 9.18 Å². The lowest BCUT2D eigenvalue weighted by Gasteiger charge is -2.52. The van der Waals surface area contributed by atoms with Crippen molar-refractivity contribution in [1.29, 1.82) is 5.26 Å². The molecule has 1 amide bonds. The summed E-state index contributed by atoms with van der Waals surface area (Å²) < 4.78 is 19.2. The number of carboxylic acid groups (broad SMARTS) is 1. The SMILES string of the molecule is COc1c(C2(C(C)O)C(CO)NCCN2C(=O)O)ccc(F)c1C#N. The van der Waals surface area contributed by atoms with Gasteiger partial charge in [-0.2, -0.15) is 5.26 Å². The van der Waals surface area contributed by atoms with Crippen LogP contribution >= 0.6 is 0 Å². The number of hydrogen-bond donors (Lipinski definition) is 4. The van der Waals surface area contributed by atoms with Crippen molar-refractivity contribution in [3.8, 4) is 11.8 Å². The average Bonchev–Trinajstić information content (AvgIpc) is 2.59. The molecule has 4 N–H and O–H groups in total. The maximum Gasteiger partial charge on any atom is 0.408 e. The van der Waals surface area contributed by atoms with Gasteiger partial charge in [0.15, 0.2) is 0 Å². The summed E-state index contributed by atoms with van der Waals surface area (Å²) in [6.45, 7) is 1.18. The van der Waals surface area contributed by atoms with Crippen molar-refractivity contribution in [2.24, 2.45) is 0 Å². The molecule has 1 aliphatic heterocycles. The van der Waals surface area contributed by atoms with Gasteiger partial charge in [0.05, 0.1) is 25.9 Å². The van der Waals surface area contributed by atoms with Crippen LogP contribution in [-0.2, 0) is 5.54 Å². The highest BCUT2D eigenvalue weighted by molar-refractivity contribution is 5.69. The smallest absolute Gasteiger partial charge is 0.408 e. The Morgan fingerprint density at radius 2 is 2.32 bits per heavy atom. The second-order valence-electron chi connectivity index (χ2n) is 5.74. The number of piperazine rings is 1. The summed E-state index contributed by atoms with van der Waals surface area (Å²) in [5.74, 6) is -0.994. The summed E-state index contributed by atoms with van der Waals surface area (Å²) in [6, 6.07) is 3.10. The molecule has 0 saturated carbocycles. The molecule has 25 heavy (non-hydrogen) atoms. The van der Waals surface area contributed by atoms with Crippen LogP contribution in [0.3, 0.4) is 0 Å². The van der Waals surface area contributed by atoms with E-state index in [1.165, 1.54) is 20.1 Å². The first-order chi connectivity index (χ1) is 11.9. The van der Waals surface area contributed by atoms with Gasteiger partial charge in [-0.05, 0) is 19.1 Å². The standard InChI is InChI=1S/C16H20FN3O5/c1-9(22)16(13(8-21)19-5-6-20(16)15(23)24)11-3-4-12(17)10(7-18)14(11)25-2/h3-4,9,13,19,21-22H,5-6,8H2,1-2H3,(H,23,24). The van der Waals surface area contributed by atoms with Gasteiger partial charge in [0.25, 0.3) is 0 Å². The van der Waals surface area contributed by atoms with Gasteiger partial charge in [-0.25, -0.2) is 9.18 Å². The summed E-state index contributed by atoms with van der Waals surface area (Å²) in [4.78, 5) is 12.8. The summed E-state index contributed by atoms with van der Waals surface area (Å²) in [5.41, 5.74) is -1.95. The third-order valence-electron chi connectivity index (χ3n) is 4.61. The van der Waals surface area contributed by atoms with Crippen LogP contribution < -0.4 is 10.1 Å². The minimum Gasteiger partial charge on any atom is -0.495 e. The Morgan fingerprint density at radius 3 is 2.80 bits per heavy atom. The van der Waals surface area contributed by atoms with Gasteiger partial charge >= 0.3 is 6.09 Å². The fourth-order valence-corrected chi connectivity index (χ4v) is 3.60. The Kier molecular flexibility index (Phi) is 5.47. The highest BCUT2D eigenvalue weighted by atomic mass is 19.1. The summed E-state index contributed by atoms with van der Waals surface area (Å²) >= 11 is 0. The number of rotatable bonds is 4. The first-order valence-electron chi connectivity index (χ1n) is 7.66. The molecule has 1 aromatic carbocycles. The van der Waals surface area contributed by atoms with Crippen LogP contribution in [0.25, 0.3) is 0 Å². The van der Waals surface area contributed by atoms with Crippen molar-refractivity contribution in [1.82, 2.24) is 10.2 Å². The number of methoxy groups -OCH3 is 1. The number of aliphatic hydroxyl groups is 2. The number of carbonyl (C=O) groups is 1. The van der Waals surface area contributed by atoms with Crippen molar-refractivity contribution in [2.45, 2.75) is 24.6 Å². The van der Waals surface area contributed by atoms with Gasteiger partial charge in [-0.15, -0.1) is 0 Å². The van der Waals surface area contributed by atoms with Gasteiger partial charge in [-0.1, -0.05) is 0 Å². The van der Waals surface area contributed by atoms with Crippen LogP contribution in [0.15, 0.2) is 12.1 Å². The quantitative estimate of drug-likeness (QED) is 0.610. The van der Waals surface area contributed by atoms with E-state index in [9.17, 15) is 29.8 Å². The van der Waals surface area contributed by atoms with E-state index in [1.54, 1.807) is 6.07 Å². The average molecular weight is 353 g/mol. The molecule has 2 rings (SSSR count). The first kappa shape index (κ1) is 18.9. The molecule has 1 saturated heterocycles. The molecule has 3 unspecified atom stereocenters. The summed E-state index contributed by atoms with van der Waals surface area (Å²) in [6.07, 6.45) is -2.61. The van der Waals surface area contributed by atoms with Crippen molar-refractivity contribution >= 4 is 6.09 Å². The molecular formula is C16H20FN3O5. The maximum absolute atomic E-state index is 14.0. The second kappa shape index (κ2) is 7.23. The number of hydrogen-bond acceptors (Lipinski definition) is 6. The molecule has 0 spiro atoms. The fourth-order valence-electron chi connectivity index (χ4n) is 3.60. The molecule has 9 heteroatoms. The maximum atomic E-state index is 14.0. The number of benzene rings is 1. The van der Waals surface area contributed by atoms with E-state index in [4.69, 9.17) is 4.74 Å². The van der Waals surface area contributed by atoms with E-state index in [2.05, 4.69) is 5.32 Å². The Balaban J connectivity index is 2.87. The van der Waals surface area contributed by atoms with Gasteiger partial charge in [0, 0.05) is 18.7 Å². The van der Waals surface area contributed by atoms with E-state index >= 15 is 0 Å². The lowest BCUT2D eigenvalue weighted by Crippen LogP contribution is -2.71. The van der Waals surface area contributed by atoms with Crippen LogP contribution in [0, 0.1) is 17.1 Å². The molecule has 8 nitrogen and oxygen atoms in total. The summed E-state index contributed by atoms with van der Waals surface area (Å²) in [7, 11) is 1.23. The third kappa shape index (κ3) is 2.78. The number of nitriles is 1. The summed E-state index contributed by atoms with van der Waals surface area (Å²) in [5, 5.41) is 42.3. The van der Waals surface area contributed by atoms with E-state index < -0.39 is 41.8 Å². The minimum atomic E-state index is -1.66. The van der Waals surface area contributed by atoms with Crippen molar-refractivity contribution in [3.63, 3.8) is 0 Å². The zero-order valence-electron chi connectivity index (χ0n) is 13.9. The van der Waals surface area contributed by atoms with Crippen LogP contribution in [0.2, 0.25) is 0 Å². The van der Waals surface area contributed by atoms with Crippen LogP contribution in [-0.4, -0.2) is 65.3 Å². The molecule has 1 fully saturated rings. The predicted molar refractivity (Wildman–Crippen MR) is 84.6 cm³/mol. The van der Waals surface area contributed by atoms with Crippen LogP contribution in [0.1, 0.15) is 18.1 Å². The molecule has 136 valence electrons. The van der Waals surface area contributed by atoms with Crippen LogP contribution in [0.5, 0.6) is 5.75 Å². The van der Waals surface area contributed by atoms with Gasteiger partial charge in [0.1, 0.15) is 28.7 Å². The molecule has 1 aromatic rings. The number of ether oxygens (including phenoxy) is 1. The third-order valence-corrected chi connectivity index (χ3v) is 4.61. The second-order valence-corrected chi connectivity index (χ2v) is 5.74. The topological polar surface area (TPSA) is 126 Å². The lowest BCUT2D eigenvalue weighted by molar-refractivity contribution is -0.0704. The Labute approximate surface area is 144 Å². The number of aliphatic hydroxyl groups excluding tert-OH is 2. The fraction of sp³-hybridized carbons (Fsp3) is 0.500. The highest BCUT2D eigenvalue weighted by Crippen LogP contribution is 2.44. The Morgan fingerprint density at radius 1 is 1.64 bits per heavy atom. The van der Waals surface area contributed by atoms with Gasteiger partial charge in [-0.3, -0.25) is 4.90 Å². The number of halogens is 1. The largest absolute Gasteiger partial charge is 0.495 e. The number of nitrogens with one attached hydrogen (secondary N) is 1. The van der Waals surface area contributed by atoms with Crippen molar-refractivity contribution in [2.75, 3.05) is 26.8 Å². The van der Waals surface area contributed by atoms with Crippen molar-refractivity contribution in [3.05, 3.63) is 29.1 Å². The van der Waals surface area contributed by atoms with E-state index in [0.29, 0.717) is 0 Å². The van der Waals surface area contributed by atoms with E-state index in [0.717, 1.165) is 11.0 Å². The van der Waals surface area contributed by atoms with Gasteiger partial charge in [0.2, 0.25) is 0 Å². The molecule has 1 heterocycles. The van der Waals surface area contributed by atoms with Gasteiger partial charge < -0.3 is 25.4 Å². The normalized spacial score (nSPS) is 24.5. The number of nitrogens with zero attached hydrogens (tertiary/aromatic N) is 2. The molecular weight excluding hydrogens is 333 g/mol. The van der Waals surface area contributed by atoms with Crippen molar-refractivity contribution < 1.29 is 29.2 Å². The van der Waals surface area contributed by atoms with E-state index in [-0.39, 0.29) is 24.4 Å². The molecule has 0 radical (unpaired) electrons. The lowest BCUT2D eigenvalue weighted by atomic mass is 9.74. The van der Waals surface area contributed by atoms with E-state index in [1.807, 2.05) is 0 Å². The monoisotopic (exact) mass is 353 g/mol. The molecule has 3 atom stereocenters. The first-order valence-corrected chi connectivity index (χ1v) is 7.66. The zero-order valence-corrected chi connectivity index (χ0v) is 13.9. The molecule has 0 bridgehead atoms. The Bertz CT molecular complexity index is 706. The molecule has 0 aliphatic carbocycles. The zero-order chi connectivity index (χ0) is 18.8.